The van der Waals surface area contributed by atoms with Gasteiger partial charge < -0.3 is 5.32 Å². The lowest BCUT2D eigenvalue weighted by Gasteiger charge is -2.05. The van der Waals surface area contributed by atoms with Crippen LogP contribution in [-0.2, 0) is 10.0 Å². The third-order valence-electron chi connectivity index (χ3n) is 2.20. The van der Waals surface area contributed by atoms with Crippen LogP contribution in [0.3, 0.4) is 0 Å². The molecule has 8 heteroatoms. The number of aromatic nitrogens is 2. The number of sulfonamides is 1. The lowest BCUT2D eigenvalue weighted by Crippen LogP contribution is -2.23. The van der Waals surface area contributed by atoms with Gasteiger partial charge in [-0.15, -0.1) is 10.2 Å². The Balaban J connectivity index is 1.69. The zero-order valence-electron chi connectivity index (χ0n) is 8.72. The molecular weight excluding hydrogens is 248 g/mol. The third-order valence-corrected chi connectivity index (χ3v) is 4.27. The van der Waals surface area contributed by atoms with Gasteiger partial charge in [0.1, 0.15) is 5.51 Å². The summed E-state index contributed by atoms with van der Waals surface area (Å²) in [5, 5.41) is 10.8. The van der Waals surface area contributed by atoms with Crippen molar-refractivity contribution in [2.75, 3.05) is 17.0 Å². The largest absolute Gasteiger partial charge is 0.314 e. The van der Waals surface area contributed by atoms with Gasteiger partial charge in [-0.25, -0.2) is 8.42 Å². The first-order valence-corrected chi connectivity index (χ1v) is 7.69. The fourth-order valence-corrected chi connectivity index (χ4v) is 3.05. The Morgan fingerprint density at radius 2 is 2.31 bits per heavy atom. The molecule has 0 aromatic carbocycles. The molecule has 0 bridgehead atoms. The second-order valence-electron chi connectivity index (χ2n) is 3.75. The van der Waals surface area contributed by atoms with Gasteiger partial charge in [-0.3, -0.25) is 4.72 Å². The molecule has 1 heterocycles. The van der Waals surface area contributed by atoms with Crippen LogP contribution in [0.2, 0.25) is 0 Å². The zero-order chi connectivity index (χ0) is 11.4. The molecule has 0 saturated heterocycles. The maximum absolute atomic E-state index is 11.6. The van der Waals surface area contributed by atoms with Crippen LogP contribution >= 0.6 is 11.3 Å². The van der Waals surface area contributed by atoms with Crippen LogP contribution in [0.25, 0.3) is 0 Å². The molecule has 1 aromatic rings. The van der Waals surface area contributed by atoms with Crippen molar-refractivity contribution in [1.29, 1.82) is 0 Å². The molecule has 6 nitrogen and oxygen atoms in total. The van der Waals surface area contributed by atoms with Crippen molar-refractivity contribution in [3.05, 3.63) is 5.51 Å². The first-order chi connectivity index (χ1) is 7.66. The minimum absolute atomic E-state index is 0.117. The molecule has 0 amide bonds. The Kier molecular flexibility index (Phi) is 3.72. The average Bonchev–Trinajstić information content (AvgIpc) is 2.91. The van der Waals surface area contributed by atoms with Crippen LogP contribution in [0.4, 0.5) is 5.13 Å². The highest BCUT2D eigenvalue weighted by atomic mass is 32.2. The van der Waals surface area contributed by atoms with Gasteiger partial charge in [0.25, 0.3) is 0 Å². The molecule has 1 saturated carbocycles. The molecule has 1 aliphatic carbocycles. The van der Waals surface area contributed by atoms with E-state index in [9.17, 15) is 8.42 Å². The van der Waals surface area contributed by atoms with E-state index in [1.165, 1.54) is 29.7 Å². The smallest absolute Gasteiger partial charge is 0.234 e. The van der Waals surface area contributed by atoms with Crippen LogP contribution in [-0.4, -0.2) is 37.0 Å². The van der Waals surface area contributed by atoms with Gasteiger partial charge in [0.2, 0.25) is 15.2 Å². The number of rotatable bonds is 7. The molecule has 16 heavy (non-hydrogen) atoms. The van der Waals surface area contributed by atoms with Gasteiger partial charge in [0.05, 0.1) is 5.75 Å². The standard InChI is InChI=1S/C8H14N4O2S2/c13-16(14,12-8-11-10-6-15-8)5-1-4-9-7-2-3-7/h6-7,9H,1-5H2,(H,11,12). The second kappa shape index (κ2) is 5.07. The minimum Gasteiger partial charge on any atom is -0.314 e. The Bertz CT molecular complexity index is 413. The molecular formula is C8H14N4O2S2. The molecule has 2 rings (SSSR count). The monoisotopic (exact) mass is 262 g/mol. The summed E-state index contributed by atoms with van der Waals surface area (Å²) in [6, 6.07) is 0.624. The average molecular weight is 262 g/mol. The van der Waals surface area contributed by atoms with E-state index in [1.807, 2.05) is 0 Å². The van der Waals surface area contributed by atoms with Crippen LogP contribution < -0.4 is 10.0 Å². The van der Waals surface area contributed by atoms with Gasteiger partial charge in [-0.2, -0.15) is 0 Å². The van der Waals surface area contributed by atoms with Gasteiger partial charge in [-0.1, -0.05) is 11.3 Å². The van der Waals surface area contributed by atoms with Crippen molar-refractivity contribution >= 4 is 26.5 Å². The van der Waals surface area contributed by atoms with Gasteiger partial charge in [0, 0.05) is 6.04 Å². The Labute approximate surface area is 98.5 Å². The van der Waals surface area contributed by atoms with Gasteiger partial charge >= 0.3 is 0 Å². The summed E-state index contributed by atoms with van der Waals surface area (Å²) in [5.74, 6) is 0.117. The van der Waals surface area contributed by atoms with Crippen molar-refractivity contribution in [2.24, 2.45) is 0 Å². The quantitative estimate of drug-likeness (QED) is 0.696. The van der Waals surface area contributed by atoms with Crippen molar-refractivity contribution < 1.29 is 8.42 Å². The van der Waals surface area contributed by atoms with E-state index in [0.29, 0.717) is 17.6 Å². The Morgan fingerprint density at radius 3 is 2.94 bits per heavy atom. The first kappa shape index (κ1) is 11.7. The fraction of sp³-hybridized carbons (Fsp3) is 0.750. The molecule has 0 unspecified atom stereocenters. The number of hydrogen-bond acceptors (Lipinski definition) is 6. The van der Waals surface area contributed by atoms with Crippen LogP contribution in [0.5, 0.6) is 0 Å². The molecule has 1 aromatic heterocycles. The van der Waals surface area contributed by atoms with E-state index in [1.54, 1.807) is 0 Å². The predicted molar refractivity (Wildman–Crippen MR) is 63.0 cm³/mol. The third kappa shape index (κ3) is 4.03. The molecule has 0 radical (unpaired) electrons. The highest BCUT2D eigenvalue weighted by Crippen LogP contribution is 2.18. The summed E-state index contributed by atoms with van der Waals surface area (Å²) >= 11 is 1.18. The topological polar surface area (TPSA) is 84.0 Å². The molecule has 1 aliphatic rings. The van der Waals surface area contributed by atoms with Crippen LogP contribution in [0.1, 0.15) is 19.3 Å². The number of nitrogens with one attached hydrogen (secondary N) is 2. The summed E-state index contributed by atoms with van der Waals surface area (Å²) in [6.45, 7) is 0.752. The molecule has 0 aliphatic heterocycles. The second-order valence-corrected chi connectivity index (χ2v) is 6.42. The Hall–Kier alpha value is -0.730. The van der Waals surface area contributed by atoms with Gasteiger partial charge in [-0.05, 0) is 25.8 Å². The SMILES string of the molecule is O=S(=O)(CCCNC1CC1)Nc1nncs1. The summed E-state index contributed by atoms with van der Waals surface area (Å²) < 4.78 is 25.5. The van der Waals surface area contributed by atoms with E-state index in [2.05, 4.69) is 20.2 Å². The van der Waals surface area contributed by atoms with Crippen molar-refractivity contribution in [3.8, 4) is 0 Å². The highest BCUT2D eigenvalue weighted by molar-refractivity contribution is 7.92. The van der Waals surface area contributed by atoms with Crippen molar-refractivity contribution in [1.82, 2.24) is 15.5 Å². The molecule has 2 N–H and O–H groups in total. The summed E-state index contributed by atoms with van der Waals surface area (Å²) in [7, 11) is -3.26. The number of nitrogens with zero attached hydrogens (tertiary/aromatic N) is 2. The van der Waals surface area contributed by atoms with E-state index in [4.69, 9.17) is 0 Å². The van der Waals surface area contributed by atoms with Crippen molar-refractivity contribution in [2.45, 2.75) is 25.3 Å². The van der Waals surface area contributed by atoms with E-state index < -0.39 is 10.0 Å². The summed E-state index contributed by atoms with van der Waals surface area (Å²) in [5.41, 5.74) is 1.49. The summed E-state index contributed by atoms with van der Waals surface area (Å²) in [6.07, 6.45) is 3.05. The fourth-order valence-electron chi connectivity index (χ4n) is 1.26. The van der Waals surface area contributed by atoms with Crippen LogP contribution in [0, 0.1) is 0 Å². The molecule has 0 spiro atoms. The highest BCUT2D eigenvalue weighted by Gasteiger charge is 2.20. The maximum atomic E-state index is 11.6. The van der Waals surface area contributed by atoms with E-state index in [0.717, 1.165) is 6.54 Å². The normalized spacial score (nSPS) is 16.2. The van der Waals surface area contributed by atoms with Crippen molar-refractivity contribution in [3.63, 3.8) is 0 Å². The van der Waals surface area contributed by atoms with Crippen LogP contribution in [0.15, 0.2) is 5.51 Å². The predicted octanol–water partition coefficient (Wildman–Crippen LogP) is 0.422. The lowest BCUT2D eigenvalue weighted by atomic mass is 10.5. The van der Waals surface area contributed by atoms with Gasteiger partial charge in [0.15, 0.2) is 0 Å². The lowest BCUT2D eigenvalue weighted by molar-refractivity contribution is 0.593. The Morgan fingerprint density at radius 1 is 1.50 bits per heavy atom. The summed E-state index contributed by atoms with van der Waals surface area (Å²) in [4.78, 5) is 0. The molecule has 0 atom stereocenters. The van der Waals surface area contributed by atoms with E-state index in [-0.39, 0.29) is 5.75 Å². The molecule has 90 valence electrons. The number of hydrogen-bond donors (Lipinski definition) is 2. The van der Waals surface area contributed by atoms with E-state index >= 15 is 0 Å². The molecule has 1 fully saturated rings. The number of anilines is 1. The first-order valence-electron chi connectivity index (χ1n) is 5.16. The maximum Gasteiger partial charge on any atom is 0.234 e. The zero-order valence-corrected chi connectivity index (χ0v) is 10.4. The minimum atomic E-state index is -3.26.